The van der Waals surface area contributed by atoms with Gasteiger partial charge in [0.05, 0.1) is 19.3 Å². The molecule has 0 amide bonds. The number of methoxy groups -OCH3 is 2. The van der Waals surface area contributed by atoms with Crippen LogP contribution >= 0.6 is 0 Å². The van der Waals surface area contributed by atoms with E-state index < -0.39 is 23.7 Å². The fourth-order valence-electron chi connectivity index (χ4n) is 2.41. The van der Waals surface area contributed by atoms with Crippen molar-refractivity contribution in [2.24, 2.45) is 0 Å². The molecule has 1 unspecified atom stereocenters. The lowest BCUT2D eigenvalue weighted by Crippen LogP contribution is -2.42. The van der Waals surface area contributed by atoms with Crippen molar-refractivity contribution in [1.82, 2.24) is 0 Å². The molecule has 0 aliphatic carbocycles. The van der Waals surface area contributed by atoms with Crippen LogP contribution in [0.1, 0.15) is 6.42 Å². The summed E-state index contributed by atoms with van der Waals surface area (Å²) in [5.41, 5.74) is -1.35. The van der Waals surface area contributed by atoms with E-state index in [1.54, 1.807) is 0 Å². The first kappa shape index (κ1) is 14.9. The second-order valence-corrected chi connectivity index (χ2v) is 4.65. The Hall–Kier alpha value is -1.50. The number of rotatable bonds is 4. The normalized spacial score (nSPS) is 22.6. The van der Waals surface area contributed by atoms with Crippen LogP contribution in [0.15, 0.2) is 12.1 Å². The lowest BCUT2D eigenvalue weighted by molar-refractivity contribution is -0.106. The van der Waals surface area contributed by atoms with E-state index in [1.807, 2.05) is 0 Å². The second kappa shape index (κ2) is 5.47. The summed E-state index contributed by atoms with van der Waals surface area (Å²) in [7, 11) is 2.42. The highest BCUT2D eigenvalue weighted by atomic mass is 19.3. The molecule has 1 aliphatic rings. The van der Waals surface area contributed by atoms with Crippen LogP contribution in [0, 0.1) is 11.6 Å². The molecule has 0 bridgehead atoms. The van der Waals surface area contributed by atoms with Crippen molar-refractivity contribution in [3.8, 4) is 5.75 Å². The van der Waals surface area contributed by atoms with E-state index in [0.29, 0.717) is 0 Å². The fourth-order valence-corrected chi connectivity index (χ4v) is 2.41. The van der Waals surface area contributed by atoms with Crippen LogP contribution in [0.4, 0.5) is 23.2 Å². The van der Waals surface area contributed by atoms with Crippen molar-refractivity contribution >= 4 is 5.69 Å². The predicted molar refractivity (Wildman–Crippen MR) is 65.5 cm³/mol. The van der Waals surface area contributed by atoms with Crippen LogP contribution < -0.4 is 9.64 Å². The molecule has 1 aromatic carbocycles. The van der Waals surface area contributed by atoms with E-state index in [4.69, 9.17) is 9.47 Å². The number of hydrogen-bond donors (Lipinski definition) is 0. The fraction of sp³-hybridized carbons (Fsp3) is 0.538. The van der Waals surface area contributed by atoms with E-state index in [-0.39, 0.29) is 30.9 Å². The number of halogens is 4. The summed E-state index contributed by atoms with van der Waals surface area (Å²) in [6, 6.07) is 2.26. The van der Waals surface area contributed by atoms with Gasteiger partial charge in [-0.25, -0.2) is 13.2 Å². The van der Waals surface area contributed by atoms with E-state index in [9.17, 15) is 17.6 Å². The molecule has 20 heavy (non-hydrogen) atoms. The highest BCUT2D eigenvalue weighted by molar-refractivity contribution is 5.60. The Kier molecular flexibility index (Phi) is 4.08. The molecule has 0 aromatic heterocycles. The molecule has 3 nitrogen and oxygen atoms in total. The molecule has 0 saturated carbocycles. The van der Waals surface area contributed by atoms with Gasteiger partial charge in [-0.15, -0.1) is 0 Å². The zero-order valence-corrected chi connectivity index (χ0v) is 11.1. The summed E-state index contributed by atoms with van der Waals surface area (Å²) >= 11 is 0. The molecule has 112 valence electrons. The minimum absolute atomic E-state index is 0.101. The van der Waals surface area contributed by atoms with Gasteiger partial charge < -0.3 is 14.4 Å². The van der Waals surface area contributed by atoms with Crippen LogP contribution in [-0.4, -0.2) is 39.3 Å². The average molecular weight is 293 g/mol. The smallest absolute Gasteiger partial charge is 0.268 e. The van der Waals surface area contributed by atoms with Gasteiger partial charge in [-0.1, -0.05) is 0 Å². The van der Waals surface area contributed by atoms with E-state index >= 15 is 0 Å². The van der Waals surface area contributed by atoms with Crippen LogP contribution in [0.5, 0.6) is 5.75 Å². The van der Waals surface area contributed by atoms with Gasteiger partial charge in [-0.2, -0.15) is 4.39 Å². The molecule has 1 fully saturated rings. The largest absolute Gasteiger partial charge is 0.491 e. The van der Waals surface area contributed by atoms with Gasteiger partial charge in [-0.3, -0.25) is 0 Å². The lowest BCUT2D eigenvalue weighted by atomic mass is 10.0. The molecule has 2 rings (SSSR count). The van der Waals surface area contributed by atoms with Crippen molar-refractivity contribution in [3.63, 3.8) is 0 Å². The molecule has 7 heteroatoms. The van der Waals surface area contributed by atoms with Crippen molar-refractivity contribution in [2.45, 2.75) is 18.4 Å². The molecule has 1 heterocycles. The Morgan fingerprint density at radius 1 is 1.25 bits per heavy atom. The maximum absolute atomic E-state index is 13.6. The zero-order chi connectivity index (χ0) is 14.9. The van der Waals surface area contributed by atoms with Crippen LogP contribution in [0.25, 0.3) is 0 Å². The lowest BCUT2D eigenvalue weighted by Gasteiger charge is -2.28. The molecular formula is C13H15F4NO2. The third kappa shape index (κ3) is 2.30. The van der Waals surface area contributed by atoms with Crippen LogP contribution in [0.2, 0.25) is 0 Å². The van der Waals surface area contributed by atoms with E-state index in [0.717, 1.165) is 6.07 Å². The minimum atomic E-state index is -2.66. The standard InChI is InChI=1S/C13H15F4NO2/c1-19-11-9(4-3-8(14)10(11)15)18-6-5-13(7-18,20-2)12(16)17/h3-4,12H,5-7H2,1-2H3. The summed E-state index contributed by atoms with van der Waals surface area (Å²) in [5.74, 6) is -2.46. The first-order valence-electron chi connectivity index (χ1n) is 6.05. The topological polar surface area (TPSA) is 21.7 Å². The van der Waals surface area contributed by atoms with Crippen molar-refractivity contribution in [3.05, 3.63) is 23.8 Å². The number of anilines is 1. The van der Waals surface area contributed by atoms with Gasteiger partial charge in [0, 0.05) is 20.1 Å². The summed E-state index contributed by atoms with van der Waals surface area (Å²) in [4.78, 5) is 1.51. The quantitative estimate of drug-likeness (QED) is 0.797. The van der Waals surface area contributed by atoms with Crippen LogP contribution in [0.3, 0.4) is 0 Å². The summed E-state index contributed by atoms with van der Waals surface area (Å²) in [6.07, 6.45) is -2.56. The Morgan fingerprint density at radius 2 is 1.95 bits per heavy atom. The van der Waals surface area contributed by atoms with Gasteiger partial charge in [0.15, 0.2) is 11.6 Å². The Labute approximate surface area is 114 Å². The molecule has 1 aliphatic heterocycles. The highest BCUT2D eigenvalue weighted by Gasteiger charge is 2.47. The summed E-state index contributed by atoms with van der Waals surface area (Å²) in [6.45, 7) is 0.141. The SMILES string of the molecule is COc1c(N2CCC(OC)(C(F)F)C2)ccc(F)c1F. The van der Waals surface area contributed by atoms with Crippen LogP contribution in [-0.2, 0) is 4.74 Å². The van der Waals surface area contributed by atoms with E-state index in [2.05, 4.69) is 0 Å². The molecule has 1 aromatic rings. The number of hydrogen-bond acceptors (Lipinski definition) is 3. The highest BCUT2D eigenvalue weighted by Crippen LogP contribution is 2.39. The molecular weight excluding hydrogens is 278 g/mol. The number of benzene rings is 1. The van der Waals surface area contributed by atoms with Gasteiger partial charge in [0.25, 0.3) is 6.43 Å². The predicted octanol–water partition coefficient (Wildman–Crippen LogP) is 2.83. The van der Waals surface area contributed by atoms with Gasteiger partial charge in [0.1, 0.15) is 5.60 Å². The first-order valence-corrected chi connectivity index (χ1v) is 6.05. The van der Waals surface area contributed by atoms with Gasteiger partial charge in [0.2, 0.25) is 5.82 Å². The third-order valence-electron chi connectivity index (χ3n) is 3.64. The molecule has 1 atom stereocenters. The Balaban J connectivity index is 2.33. The number of ether oxygens (including phenoxy) is 2. The Bertz CT molecular complexity index is 498. The molecule has 0 radical (unpaired) electrons. The maximum Gasteiger partial charge on any atom is 0.268 e. The van der Waals surface area contributed by atoms with Gasteiger partial charge in [-0.05, 0) is 12.1 Å². The monoisotopic (exact) mass is 293 g/mol. The minimum Gasteiger partial charge on any atom is -0.491 e. The van der Waals surface area contributed by atoms with Gasteiger partial charge >= 0.3 is 0 Å². The molecule has 0 N–H and O–H groups in total. The summed E-state index contributed by atoms with van der Waals surface area (Å²) in [5, 5.41) is 0. The zero-order valence-electron chi connectivity index (χ0n) is 11.1. The number of alkyl halides is 2. The van der Waals surface area contributed by atoms with Crippen molar-refractivity contribution in [1.29, 1.82) is 0 Å². The Morgan fingerprint density at radius 3 is 2.45 bits per heavy atom. The van der Waals surface area contributed by atoms with Crippen molar-refractivity contribution < 1.29 is 27.0 Å². The summed E-state index contributed by atoms with van der Waals surface area (Å²) < 4.78 is 62.8. The average Bonchev–Trinajstić information content (AvgIpc) is 2.87. The molecule has 0 spiro atoms. The van der Waals surface area contributed by atoms with Crippen molar-refractivity contribution in [2.75, 3.05) is 32.2 Å². The second-order valence-electron chi connectivity index (χ2n) is 4.65. The number of nitrogens with zero attached hydrogens (tertiary/aromatic N) is 1. The first-order chi connectivity index (χ1) is 9.45. The molecule has 1 saturated heterocycles. The third-order valence-corrected chi connectivity index (χ3v) is 3.64. The maximum atomic E-state index is 13.6. The van der Waals surface area contributed by atoms with E-state index in [1.165, 1.54) is 25.2 Å².